The van der Waals surface area contributed by atoms with Crippen LogP contribution in [0.3, 0.4) is 0 Å². The number of H-pyrrole nitrogens is 1. The molecule has 0 unspecified atom stereocenters. The Kier molecular flexibility index (Phi) is 5.77. The van der Waals surface area contributed by atoms with Gasteiger partial charge in [0.1, 0.15) is 11.5 Å². The van der Waals surface area contributed by atoms with E-state index >= 15 is 0 Å². The summed E-state index contributed by atoms with van der Waals surface area (Å²) in [5.41, 5.74) is 1.52. The summed E-state index contributed by atoms with van der Waals surface area (Å²) >= 11 is 0. The minimum Gasteiger partial charge on any atom is -0.335 e. The minimum atomic E-state index is -4.36. The van der Waals surface area contributed by atoms with Crippen LogP contribution in [0, 0.1) is 5.82 Å². The number of nitrogens with one attached hydrogen (secondary N) is 1. The number of halogens is 4. The summed E-state index contributed by atoms with van der Waals surface area (Å²) in [4.78, 5) is 16.5. The summed E-state index contributed by atoms with van der Waals surface area (Å²) in [5.74, 6) is -0.543. The van der Waals surface area contributed by atoms with Crippen molar-refractivity contribution in [1.82, 2.24) is 20.0 Å². The van der Waals surface area contributed by atoms with E-state index in [2.05, 4.69) is 10.2 Å². The van der Waals surface area contributed by atoms with Gasteiger partial charge in [-0.25, -0.2) is 4.39 Å². The summed E-state index contributed by atoms with van der Waals surface area (Å²) in [6.07, 6.45) is -4.36. The van der Waals surface area contributed by atoms with Gasteiger partial charge in [0.2, 0.25) is 0 Å². The molecular weight excluding hydrogens is 412 g/mol. The molecule has 1 fully saturated rings. The van der Waals surface area contributed by atoms with Gasteiger partial charge in [-0.1, -0.05) is 18.2 Å². The fourth-order valence-corrected chi connectivity index (χ4v) is 3.58. The van der Waals surface area contributed by atoms with E-state index in [9.17, 15) is 22.4 Å². The fraction of sp³-hybridized carbons (Fsp3) is 0.273. The third-order valence-corrected chi connectivity index (χ3v) is 5.27. The zero-order valence-corrected chi connectivity index (χ0v) is 16.5. The number of carbonyl (C=O) groups is 1. The molecule has 9 heteroatoms. The third kappa shape index (κ3) is 4.93. The Morgan fingerprint density at radius 3 is 2.39 bits per heavy atom. The van der Waals surface area contributed by atoms with E-state index in [1.807, 2.05) is 4.90 Å². The molecule has 1 N–H and O–H groups in total. The second kappa shape index (κ2) is 8.50. The molecule has 0 spiro atoms. The van der Waals surface area contributed by atoms with Gasteiger partial charge in [0.25, 0.3) is 5.91 Å². The number of aromatic amines is 1. The van der Waals surface area contributed by atoms with Crippen molar-refractivity contribution >= 4 is 5.91 Å². The Labute approximate surface area is 176 Å². The van der Waals surface area contributed by atoms with Crippen molar-refractivity contribution in [1.29, 1.82) is 0 Å². The molecule has 1 aromatic heterocycles. The quantitative estimate of drug-likeness (QED) is 0.629. The molecule has 5 nitrogen and oxygen atoms in total. The Morgan fingerprint density at radius 2 is 1.71 bits per heavy atom. The van der Waals surface area contributed by atoms with E-state index < -0.39 is 11.7 Å². The molecular formula is C22H20F4N4O. The lowest BCUT2D eigenvalue weighted by Crippen LogP contribution is -2.48. The second-order valence-corrected chi connectivity index (χ2v) is 7.44. The van der Waals surface area contributed by atoms with E-state index in [0.717, 1.165) is 6.07 Å². The molecule has 0 atom stereocenters. The molecule has 162 valence electrons. The lowest BCUT2D eigenvalue weighted by atomic mass is 10.1. The molecule has 1 saturated heterocycles. The van der Waals surface area contributed by atoms with Crippen LogP contribution in [0.1, 0.15) is 21.6 Å². The number of carbonyl (C=O) groups excluding carboxylic acids is 1. The van der Waals surface area contributed by atoms with Gasteiger partial charge >= 0.3 is 6.18 Å². The van der Waals surface area contributed by atoms with E-state index in [0.29, 0.717) is 55.2 Å². The predicted molar refractivity (Wildman–Crippen MR) is 107 cm³/mol. The summed E-state index contributed by atoms with van der Waals surface area (Å²) in [6, 6.07) is 12.8. The average molecular weight is 432 g/mol. The van der Waals surface area contributed by atoms with E-state index in [-0.39, 0.29) is 11.7 Å². The van der Waals surface area contributed by atoms with E-state index in [4.69, 9.17) is 0 Å². The first-order valence-corrected chi connectivity index (χ1v) is 9.79. The summed E-state index contributed by atoms with van der Waals surface area (Å²) in [6.45, 7) is 2.43. The topological polar surface area (TPSA) is 52.2 Å². The number of benzene rings is 2. The molecule has 0 saturated carbocycles. The molecule has 0 radical (unpaired) electrons. The van der Waals surface area contributed by atoms with Gasteiger partial charge in [0, 0.05) is 38.3 Å². The SMILES string of the molecule is O=C(c1cc(-c2ccc(F)cc2)n[nH]1)N1CCN(Cc2cccc(C(F)(F)F)c2)CC1. The standard InChI is InChI=1S/C22H20F4N4O/c23-18-6-4-16(5-7-18)19-13-20(28-27-19)21(31)30-10-8-29(9-11-30)14-15-2-1-3-17(12-15)22(24,25)26/h1-7,12-13H,8-11,14H2,(H,27,28). The number of nitrogens with zero attached hydrogens (tertiary/aromatic N) is 3. The lowest BCUT2D eigenvalue weighted by Gasteiger charge is -2.34. The summed E-state index contributed by atoms with van der Waals surface area (Å²) < 4.78 is 51.8. The molecule has 0 bridgehead atoms. The molecule has 0 aliphatic carbocycles. The van der Waals surface area contributed by atoms with Crippen LogP contribution in [0.4, 0.5) is 17.6 Å². The maximum absolute atomic E-state index is 13.1. The van der Waals surface area contributed by atoms with Gasteiger partial charge < -0.3 is 4.90 Å². The Hall–Kier alpha value is -3.20. The van der Waals surface area contributed by atoms with Gasteiger partial charge in [-0.05, 0) is 42.0 Å². The molecule has 2 aromatic carbocycles. The highest BCUT2D eigenvalue weighted by Crippen LogP contribution is 2.30. The normalized spacial score (nSPS) is 15.3. The molecule has 1 amide bonds. The summed E-state index contributed by atoms with van der Waals surface area (Å²) in [5, 5.41) is 6.87. The molecule has 2 heterocycles. The first-order valence-electron chi connectivity index (χ1n) is 9.79. The van der Waals surface area contributed by atoms with Crippen molar-refractivity contribution in [3.8, 4) is 11.3 Å². The average Bonchev–Trinajstić information content (AvgIpc) is 3.24. The molecule has 4 rings (SSSR count). The van der Waals surface area contributed by atoms with Crippen LogP contribution in [-0.4, -0.2) is 52.1 Å². The first-order chi connectivity index (χ1) is 14.8. The Bertz CT molecular complexity index is 1050. The highest BCUT2D eigenvalue weighted by atomic mass is 19.4. The Balaban J connectivity index is 1.35. The van der Waals surface area contributed by atoms with Gasteiger partial charge in [-0.2, -0.15) is 18.3 Å². The van der Waals surface area contributed by atoms with Crippen molar-refractivity contribution in [3.63, 3.8) is 0 Å². The van der Waals surface area contributed by atoms with Gasteiger partial charge in [-0.3, -0.25) is 14.8 Å². The van der Waals surface area contributed by atoms with Crippen LogP contribution in [0.25, 0.3) is 11.3 Å². The lowest BCUT2D eigenvalue weighted by molar-refractivity contribution is -0.137. The van der Waals surface area contributed by atoms with Crippen molar-refractivity contribution in [2.45, 2.75) is 12.7 Å². The number of alkyl halides is 3. The number of rotatable bonds is 4. The van der Waals surface area contributed by atoms with Gasteiger partial charge in [-0.15, -0.1) is 0 Å². The van der Waals surface area contributed by atoms with Crippen LogP contribution >= 0.6 is 0 Å². The maximum Gasteiger partial charge on any atom is 0.416 e. The number of piperazine rings is 1. The largest absolute Gasteiger partial charge is 0.416 e. The second-order valence-electron chi connectivity index (χ2n) is 7.44. The predicted octanol–water partition coefficient (Wildman–Crippen LogP) is 4.19. The minimum absolute atomic E-state index is 0.195. The van der Waals surface area contributed by atoms with Crippen molar-refractivity contribution in [2.75, 3.05) is 26.2 Å². The monoisotopic (exact) mass is 432 g/mol. The van der Waals surface area contributed by atoms with Crippen molar-refractivity contribution < 1.29 is 22.4 Å². The van der Waals surface area contributed by atoms with Crippen LogP contribution in [0.15, 0.2) is 54.6 Å². The molecule has 1 aliphatic rings. The van der Waals surface area contributed by atoms with E-state index in [1.165, 1.54) is 24.3 Å². The number of aromatic nitrogens is 2. The smallest absolute Gasteiger partial charge is 0.335 e. The highest BCUT2D eigenvalue weighted by Gasteiger charge is 2.30. The fourth-order valence-electron chi connectivity index (χ4n) is 3.58. The molecule has 31 heavy (non-hydrogen) atoms. The van der Waals surface area contributed by atoms with Crippen LogP contribution in [-0.2, 0) is 12.7 Å². The van der Waals surface area contributed by atoms with Gasteiger partial charge in [0.15, 0.2) is 0 Å². The van der Waals surface area contributed by atoms with Gasteiger partial charge in [0.05, 0.1) is 11.3 Å². The maximum atomic E-state index is 13.1. The zero-order valence-electron chi connectivity index (χ0n) is 16.5. The number of hydrogen-bond donors (Lipinski definition) is 1. The molecule has 3 aromatic rings. The zero-order chi connectivity index (χ0) is 22.0. The number of amides is 1. The van der Waals surface area contributed by atoms with Crippen LogP contribution < -0.4 is 0 Å². The highest BCUT2D eigenvalue weighted by molar-refractivity contribution is 5.93. The number of hydrogen-bond acceptors (Lipinski definition) is 3. The van der Waals surface area contributed by atoms with Crippen molar-refractivity contribution in [2.24, 2.45) is 0 Å². The van der Waals surface area contributed by atoms with Crippen molar-refractivity contribution in [3.05, 3.63) is 77.2 Å². The third-order valence-electron chi connectivity index (χ3n) is 5.27. The molecule has 1 aliphatic heterocycles. The van der Waals surface area contributed by atoms with Crippen LogP contribution in [0.5, 0.6) is 0 Å². The van der Waals surface area contributed by atoms with E-state index in [1.54, 1.807) is 29.2 Å². The first kappa shape index (κ1) is 21.0. The summed E-state index contributed by atoms with van der Waals surface area (Å²) in [7, 11) is 0. The van der Waals surface area contributed by atoms with Crippen LogP contribution in [0.2, 0.25) is 0 Å². The Morgan fingerprint density at radius 1 is 1.00 bits per heavy atom.